The first kappa shape index (κ1) is 59.8. The Balaban J connectivity index is 0.909. The van der Waals surface area contributed by atoms with Crippen LogP contribution in [0.1, 0.15) is 0 Å². The zero-order valence-electron chi connectivity index (χ0n) is 54.4. The van der Waals surface area contributed by atoms with Crippen molar-refractivity contribution < 1.29 is 13.2 Å². The van der Waals surface area contributed by atoms with E-state index in [1.54, 1.807) is 4.90 Å². The number of para-hydroxylation sites is 6. The lowest BCUT2D eigenvalue weighted by molar-refractivity contribution is 0.583. The van der Waals surface area contributed by atoms with E-state index < -0.39 is 30.9 Å². The molecule has 15 aromatic rings. The van der Waals surface area contributed by atoms with Crippen LogP contribution >= 0.6 is 11.8 Å². The monoisotopic (exact) mass is 1320 g/mol. The normalized spacial score (nSPS) is 12.8. The molecule has 0 saturated heterocycles. The fourth-order valence-electron chi connectivity index (χ4n) is 15.9. The van der Waals surface area contributed by atoms with Gasteiger partial charge >= 0.3 is 0 Å². The number of anilines is 15. The molecule has 5 nitrogen and oxygen atoms in total. The number of benzene rings is 15. The molecule has 0 fully saturated rings. The molecule has 4 aliphatic rings. The summed E-state index contributed by atoms with van der Waals surface area (Å²) in [5.41, 5.74) is 22.0. The van der Waals surface area contributed by atoms with Crippen molar-refractivity contribution in [3.8, 4) is 33.4 Å². The van der Waals surface area contributed by atoms with Crippen molar-refractivity contribution in [2.75, 3.05) is 24.5 Å². The van der Waals surface area contributed by atoms with Gasteiger partial charge in [0.2, 0.25) is 6.71 Å². The molecule has 4 aliphatic heterocycles. The predicted octanol–water partition coefficient (Wildman–Crippen LogP) is 20.9. The second-order valence-electron chi connectivity index (χ2n) is 25.9. The second-order valence-corrected chi connectivity index (χ2v) is 27.0. The van der Waals surface area contributed by atoms with Crippen LogP contribution in [0.4, 0.5) is 98.5 Å². The van der Waals surface area contributed by atoms with Crippen LogP contribution in [0.5, 0.6) is 0 Å². The lowest BCUT2D eigenvalue weighted by atomic mass is 9.31. The van der Waals surface area contributed by atoms with Crippen molar-refractivity contribution >= 4 is 143 Å². The molecule has 19 rings (SSSR count). The molecule has 0 radical (unpaired) electrons. The minimum Gasteiger partial charge on any atom is -0.311 e. The number of fused-ring (bicyclic) bond motifs is 8. The van der Waals surface area contributed by atoms with Gasteiger partial charge in [0.05, 0.1) is 17.1 Å². The fourth-order valence-corrected chi connectivity index (χ4v) is 17.2. The van der Waals surface area contributed by atoms with E-state index in [1.807, 2.05) is 103 Å². The van der Waals surface area contributed by atoms with Gasteiger partial charge in [0.15, 0.2) is 11.6 Å². The minimum atomic E-state index is -0.841. The number of hydrogen-bond acceptors (Lipinski definition) is 6. The van der Waals surface area contributed by atoms with Gasteiger partial charge in [-0.05, 0) is 170 Å². The molecular weight excluding hydrogens is 1260 g/mol. The highest BCUT2D eigenvalue weighted by Crippen LogP contribution is 2.54. The second kappa shape index (κ2) is 24.5. The van der Waals surface area contributed by atoms with Crippen LogP contribution in [-0.2, 0) is 0 Å². The summed E-state index contributed by atoms with van der Waals surface area (Å²) in [5.74, 6) is -2.11. The van der Waals surface area contributed by atoms with Crippen LogP contribution in [0.15, 0.2) is 362 Å². The van der Waals surface area contributed by atoms with E-state index in [1.165, 1.54) is 17.8 Å². The minimum absolute atomic E-state index is 0.0190. The Morgan fingerprint density at radius 2 is 0.703 bits per heavy atom. The Hall–Kier alpha value is -12.4. The number of halogens is 3. The Labute approximate surface area is 589 Å². The van der Waals surface area contributed by atoms with E-state index in [4.69, 9.17) is 0 Å². The third-order valence-corrected chi connectivity index (χ3v) is 21.3. The number of nitrogens with zero attached hydrogens (tertiary/aromatic N) is 5. The first-order chi connectivity index (χ1) is 49.9. The molecule has 0 bridgehead atoms. The molecule has 0 unspecified atom stereocenters. The van der Waals surface area contributed by atoms with Gasteiger partial charge in [-0.15, -0.1) is 0 Å². The summed E-state index contributed by atoms with van der Waals surface area (Å²) in [6, 6.07) is 119. The molecule has 0 spiro atoms. The third-order valence-electron chi connectivity index (χ3n) is 20.2. The Kier molecular flexibility index (Phi) is 14.5. The van der Waals surface area contributed by atoms with Gasteiger partial charge in [-0.1, -0.05) is 248 Å². The molecule has 11 heteroatoms. The summed E-state index contributed by atoms with van der Waals surface area (Å²) in [4.78, 5) is 12.3. The molecule has 15 aromatic carbocycles. The average molecular weight is 1320 g/mol. The molecule has 0 amide bonds. The van der Waals surface area contributed by atoms with Crippen LogP contribution in [-0.4, -0.2) is 13.4 Å². The average Bonchev–Trinajstić information content (AvgIpc) is 0.682. The highest BCUT2D eigenvalue weighted by molar-refractivity contribution is 8.00. The zero-order valence-corrected chi connectivity index (χ0v) is 55.2. The number of hydrogen-bond donors (Lipinski definition) is 0. The molecule has 0 aliphatic carbocycles. The Bertz CT molecular complexity index is 5670. The highest BCUT2D eigenvalue weighted by atomic mass is 32.2. The lowest BCUT2D eigenvalue weighted by Crippen LogP contribution is -2.65. The summed E-state index contributed by atoms with van der Waals surface area (Å²) in [6.45, 7) is -1.10. The molecular formula is C90H58B2F3N5S. The maximum atomic E-state index is 20.9. The standard InChI is InChI=1S/C90H58B2F3N5S/c93-64-52-73(62-31-12-3-13-32-62)88(78(94)53-64)100-82-55-71(96(65-34-14-4-15-35-65)66-36-16-5-17-37-66)54-81-85(82)91(74-43-22-24-45-79(74)98(81)67-38-18-6-19-39-67)76-58-77-90(87(95)89(76)100)101-84-57-72(56-83-86(84)92(77)75-44-23-25-46-80(75)99(83)68-40-20-7-21-41-68)97(69-49-47-61(48-50-69)59-27-8-1-9-28-59)70-42-26-33-63(51-70)60-29-10-2-11-30-60/h1-58H. The number of rotatable bonds is 12. The third kappa shape index (κ3) is 9.97. The van der Waals surface area contributed by atoms with Crippen LogP contribution < -0.4 is 57.3 Å². The van der Waals surface area contributed by atoms with E-state index >= 15 is 13.2 Å². The first-order valence-corrected chi connectivity index (χ1v) is 34.8. The van der Waals surface area contributed by atoms with Gasteiger partial charge in [0.25, 0.3) is 6.71 Å². The summed E-state index contributed by atoms with van der Waals surface area (Å²) in [7, 11) is 0. The van der Waals surface area contributed by atoms with E-state index in [2.05, 4.69) is 256 Å². The Morgan fingerprint density at radius 3 is 1.28 bits per heavy atom. The van der Waals surface area contributed by atoms with Gasteiger partial charge in [0.1, 0.15) is 5.82 Å². The first-order valence-electron chi connectivity index (χ1n) is 34.0. The highest BCUT2D eigenvalue weighted by Gasteiger charge is 2.50. The van der Waals surface area contributed by atoms with Crippen LogP contribution in [0.2, 0.25) is 0 Å². The van der Waals surface area contributed by atoms with E-state index in [0.717, 1.165) is 129 Å². The Morgan fingerprint density at radius 1 is 0.277 bits per heavy atom. The smallest absolute Gasteiger partial charge is 0.252 e. The van der Waals surface area contributed by atoms with Crippen molar-refractivity contribution in [1.82, 2.24) is 0 Å². The van der Waals surface area contributed by atoms with Crippen LogP contribution in [0.25, 0.3) is 33.4 Å². The quantitative estimate of drug-likeness (QED) is 0.113. The lowest BCUT2D eigenvalue weighted by Gasteiger charge is -2.46. The molecule has 4 heterocycles. The van der Waals surface area contributed by atoms with E-state index in [-0.39, 0.29) is 16.9 Å². The van der Waals surface area contributed by atoms with Crippen LogP contribution in [0.3, 0.4) is 0 Å². The van der Waals surface area contributed by atoms with Gasteiger partial charge in [-0.2, -0.15) is 0 Å². The summed E-state index contributed by atoms with van der Waals surface area (Å²) in [6.07, 6.45) is 0. The zero-order chi connectivity index (χ0) is 67.2. The maximum Gasteiger partial charge on any atom is 0.252 e. The van der Waals surface area contributed by atoms with E-state index in [0.29, 0.717) is 21.6 Å². The molecule has 476 valence electrons. The van der Waals surface area contributed by atoms with Crippen molar-refractivity contribution in [3.63, 3.8) is 0 Å². The van der Waals surface area contributed by atoms with Gasteiger partial charge in [0, 0.05) is 89.7 Å². The molecule has 101 heavy (non-hydrogen) atoms. The molecule has 0 atom stereocenters. The van der Waals surface area contributed by atoms with Crippen molar-refractivity contribution in [2.45, 2.75) is 9.79 Å². The fraction of sp³-hybridized carbons (Fsp3) is 0. The molecule has 0 aromatic heterocycles. The maximum absolute atomic E-state index is 20.9. The summed E-state index contributed by atoms with van der Waals surface area (Å²) < 4.78 is 56.0. The van der Waals surface area contributed by atoms with E-state index in [9.17, 15) is 0 Å². The summed E-state index contributed by atoms with van der Waals surface area (Å²) >= 11 is 1.42. The molecule has 0 N–H and O–H groups in total. The summed E-state index contributed by atoms with van der Waals surface area (Å²) in [5, 5.41) is 0. The van der Waals surface area contributed by atoms with Gasteiger partial charge in [-0.3, -0.25) is 0 Å². The van der Waals surface area contributed by atoms with Crippen molar-refractivity contribution in [1.29, 1.82) is 0 Å². The van der Waals surface area contributed by atoms with Crippen molar-refractivity contribution in [2.24, 2.45) is 0 Å². The van der Waals surface area contributed by atoms with Gasteiger partial charge in [-0.25, -0.2) is 13.2 Å². The predicted molar refractivity (Wildman–Crippen MR) is 416 cm³/mol. The molecule has 0 saturated carbocycles. The van der Waals surface area contributed by atoms with Gasteiger partial charge < -0.3 is 24.5 Å². The SMILES string of the molecule is Fc1cc(F)c(N2c3cc(N(c4ccccc4)c4ccccc4)cc4c3B(c3ccccc3N4c3ccccc3)c3cc4c(c(F)c32)Sc2cc(N(c3ccc(-c5ccccc5)cc3)c3cccc(-c5ccccc5)c3)cc3c2B4c2ccccc2N3c2ccccc2)c(-c2ccccc2)c1. The van der Waals surface area contributed by atoms with Crippen LogP contribution in [0, 0.1) is 17.5 Å². The van der Waals surface area contributed by atoms with Crippen molar-refractivity contribution in [3.05, 3.63) is 369 Å². The topological polar surface area (TPSA) is 16.2 Å². The largest absolute Gasteiger partial charge is 0.311 e.